The number of halogens is 1. The summed E-state index contributed by atoms with van der Waals surface area (Å²) >= 11 is 6.11. The van der Waals surface area contributed by atoms with Crippen LogP contribution < -0.4 is 10.6 Å². The molecule has 5 nitrogen and oxygen atoms in total. The topological polar surface area (TPSA) is 61.4 Å². The first kappa shape index (κ1) is 19.5. The second kappa shape index (κ2) is 8.31. The Bertz CT molecular complexity index is 567. The first-order chi connectivity index (χ1) is 10.6. The highest BCUT2D eigenvalue weighted by atomic mass is 35.5. The Morgan fingerprint density at radius 1 is 1.17 bits per heavy atom. The van der Waals surface area contributed by atoms with Crippen molar-refractivity contribution in [1.29, 1.82) is 0 Å². The predicted molar refractivity (Wildman–Crippen MR) is 94.8 cm³/mol. The van der Waals surface area contributed by atoms with E-state index in [4.69, 9.17) is 11.6 Å². The molecule has 0 atom stereocenters. The molecule has 0 unspecified atom stereocenters. The molecule has 0 aromatic heterocycles. The largest absolute Gasteiger partial charge is 0.350 e. The van der Waals surface area contributed by atoms with E-state index in [2.05, 4.69) is 10.6 Å². The minimum absolute atomic E-state index is 0.0967. The summed E-state index contributed by atoms with van der Waals surface area (Å²) in [6, 6.07) is 5.46. The van der Waals surface area contributed by atoms with E-state index in [1.54, 1.807) is 17.0 Å². The summed E-state index contributed by atoms with van der Waals surface area (Å²) in [6.45, 7) is 10.5. The Balaban J connectivity index is 2.58. The van der Waals surface area contributed by atoms with E-state index in [1.165, 1.54) is 0 Å². The molecule has 2 amide bonds. The van der Waals surface area contributed by atoms with Gasteiger partial charge >= 0.3 is 0 Å². The maximum Gasteiger partial charge on any atom is 0.238 e. The van der Waals surface area contributed by atoms with E-state index >= 15 is 0 Å². The zero-order valence-corrected chi connectivity index (χ0v) is 15.3. The second-order valence-corrected chi connectivity index (χ2v) is 7.04. The van der Waals surface area contributed by atoms with Crippen molar-refractivity contribution in [3.05, 3.63) is 28.8 Å². The summed E-state index contributed by atoms with van der Waals surface area (Å²) in [6.07, 6.45) is 0. The molecule has 0 saturated carbocycles. The fourth-order valence-corrected chi connectivity index (χ4v) is 2.34. The number of likely N-dealkylation sites (N-methyl/N-ethyl adjacent to an activating group) is 1. The number of anilines is 1. The van der Waals surface area contributed by atoms with Crippen molar-refractivity contribution in [2.75, 3.05) is 25.0 Å². The molecule has 128 valence electrons. The summed E-state index contributed by atoms with van der Waals surface area (Å²) in [5.41, 5.74) is 1.33. The minimum Gasteiger partial charge on any atom is -0.350 e. The van der Waals surface area contributed by atoms with Crippen molar-refractivity contribution < 1.29 is 9.59 Å². The number of nitrogens with one attached hydrogen (secondary N) is 2. The van der Waals surface area contributed by atoms with Crippen molar-refractivity contribution in [2.24, 2.45) is 0 Å². The standard InChI is InChI=1S/C17H26ClN3O2/c1-6-21(11-16(23)20-17(3,4)5)10-15(22)19-14-8-7-12(2)9-13(14)18/h7-9H,6,10-11H2,1-5H3,(H,19,22)(H,20,23). The number of hydrogen-bond donors (Lipinski definition) is 2. The molecule has 1 rings (SSSR count). The second-order valence-electron chi connectivity index (χ2n) is 6.63. The number of hydrogen-bond acceptors (Lipinski definition) is 3. The SMILES string of the molecule is CCN(CC(=O)Nc1ccc(C)cc1Cl)CC(=O)NC(C)(C)C. The van der Waals surface area contributed by atoms with Crippen molar-refractivity contribution in [3.63, 3.8) is 0 Å². The van der Waals surface area contributed by atoms with Crippen molar-refractivity contribution in [1.82, 2.24) is 10.2 Å². The van der Waals surface area contributed by atoms with Gasteiger partial charge in [0.1, 0.15) is 0 Å². The molecule has 0 bridgehead atoms. The number of amides is 2. The van der Waals surface area contributed by atoms with Gasteiger partial charge in [-0.2, -0.15) is 0 Å². The third-order valence-corrected chi connectivity index (χ3v) is 3.41. The van der Waals surface area contributed by atoms with Crippen LogP contribution in [0.25, 0.3) is 0 Å². The molecule has 0 saturated heterocycles. The summed E-state index contributed by atoms with van der Waals surface area (Å²) in [4.78, 5) is 25.9. The van der Waals surface area contributed by atoms with Gasteiger partial charge in [0.15, 0.2) is 0 Å². The van der Waals surface area contributed by atoms with Gasteiger partial charge < -0.3 is 10.6 Å². The number of rotatable bonds is 6. The molecule has 0 aliphatic carbocycles. The number of nitrogens with zero attached hydrogens (tertiary/aromatic N) is 1. The quantitative estimate of drug-likeness (QED) is 0.837. The van der Waals surface area contributed by atoms with E-state index in [-0.39, 0.29) is 30.4 Å². The molecule has 6 heteroatoms. The highest BCUT2D eigenvalue weighted by Crippen LogP contribution is 2.22. The van der Waals surface area contributed by atoms with Gasteiger partial charge in [-0.25, -0.2) is 0 Å². The molecule has 0 heterocycles. The fraction of sp³-hybridized carbons (Fsp3) is 0.529. The van der Waals surface area contributed by atoms with E-state index in [0.29, 0.717) is 17.3 Å². The van der Waals surface area contributed by atoms with E-state index in [1.807, 2.05) is 40.7 Å². The van der Waals surface area contributed by atoms with E-state index < -0.39 is 0 Å². The van der Waals surface area contributed by atoms with Gasteiger partial charge in [-0.05, 0) is 51.9 Å². The first-order valence-corrected chi connectivity index (χ1v) is 8.08. The highest BCUT2D eigenvalue weighted by Gasteiger charge is 2.18. The number of carbonyl (C=O) groups excluding carboxylic acids is 2. The molecular formula is C17H26ClN3O2. The highest BCUT2D eigenvalue weighted by molar-refractivity contribution is 6.33. The third kappa shape index (κ3) is 7.48. The van der Waals surface area contributed by atoms with Gasteiger partial charge in [-0.1, -0.05) is 24.6 Å². The molecule has 23 heavy (non-hydrogen) atoms. The number of benzene rings is 1. The van der Waals surface area contributed by atoms with Crippen LogP contribution >= 0.6 is 11.6 Å². The van der Waals surface area contributed by atoms with Crippen LogP contribution in [0, 0.1) is 6.92 Å². The molecule has 0 aliphatic heterocycles. The molecule has 1 aromatic rings. The lowest BCUT2D eigenvalue weighted by atomic mass is 10.1. The van der Waals surface area contributed by atoms with Crippen LogP contribution in [-0.2, 0) is 9.59 Å². The minimum atomic E-state index is -0.284. The normalized spacial score (nSPS) is 11.4. The monoisotopic (exact) mass is 339 g/mol. The summed E-state index contributed by atoms with van der Waals surface area (Å²) in [5, 5.41) is 6.17. The van der Waals surface area contributed by atoms with Crippen molar-refractivity contribution >= 4 is 29.1 Å². The maximum absolute atomic E-state index is 12.1. The molecule has 1 aromatic carbocycles. The Labute approximate surface area is 143 Å². The zero-order valence-electron chi connectivity index (χ0n) is 14.5. The lowest BCUT2D eigenvalue weighted by Crippen LogP contribution is -2.47. The molecule has 2 N–H and O–H groups in total. The zero-order chi connectivity index (χ0) is 17.6. The van der Waals surface area contributed by atoms with Crippen LogP contribution in [0.1, 0.15) is 33.3 Å². The van der Waals surface area contributed by atoms with Gasteiger partial charge in [-0.15, -0.1) is 0 Å². The molecular weight excluding hydrogens is 314 g/mol. The van der Waals surface area contributed by atoms with Crippen LogP contribution in [0.5, 0.6) is 0 Å². The summed E-state index contributed by atoms with van der Waals surface area (Å²) in [5.74, 6) is -0.290. The lowest BCUT2D eigenvalue weighted by Gasteiger charge is -2.24. The molecule has 0 radical (unpaired) electrons. The number of aryl methyl sites for hydroxylation is 1. The third-order valence-electron chi connectivity index (χ3n) is 3.09. The van der Waals surface area contributed by atoms with Crippen LogP contribution in [0.3, 0.4) is 0 Å². The average molecular weight is 340 g/mol. The Kier molecular flexibility index (Phi) is 7.03. The number of carbonyl (C=O) groups is 2. The molecule has 0 aliphatic rings. The van der Waals surface area contributed by atoms with Crippen LogP contribution in [-0.4, -0.2) is 41.9 Å². The van der Waals surface area contributed by atoms with Gasteiger partial charge in [0.05, 0.1) is 23.8 Å². The lowest BCUT2D eigenvalue weighted by molar-refractivity contribution is -0.124. The molecule has 0 fully saturated rings. The van der Waals surface area contributed by atoms with E-state index in [9.17, 15) is 9.59 Å². The van der Waals surface area contributed by atoms with Crippen LogP contribution in [0.2, 0.25) is 5.02 Å². The van der Waals surface area contributed by atoms with Gasteiger partial charge in [0.2, 0.25) is 11.8 Å². The maximum atomic E-state index is 12.1. The van der Waals surface area contributed by atoms with E-state index in [0.717, 1.165) is 5.56 Å². The van der Waals surface area contributed by atoms with Gasteiger partial charge in [0.25, 0.3) is 0 Å². The van der Waals surface area contributed by atoms with Crippen molar-refractivity contribution in [2.45, 2.75) is 40.2 Å². The van der Waals surface area contributed by atoms with Gasteiger partial charge in [0, 0.05) is 5.54 Å². The first-order valence-electron chi connectivity index (χ1n) is 7.70. The Morgan fingerprint density at radius 2 is 1.78 bits per heavy atom. The average Bonchev–Trinajstić information content (AvgIpc) is 2.39. The summed E-state index contributed by atoms with van der Waals surface area (Å²) < 4.78 is 0. The van der Waals surface area contributed by atoms with Crippen molar-refractivity contribution in [3.8, 4) is 0 Å². The Morgan fingerprint density at radius 3 is 2.30 bits per heavy atom. The predicted octanol–water partition coefficient (Wildman–Crippen LogP) is 2.82. The van der Waals surface area contributed by atoms with Crippen LogP contribution in [0.15, 0.2) is 18.2 Å². The van der Waals surface area contributed by atoms with Gasteiger partial charge in [-0.3, -0.25) is 14.5 Å². The summed E-state index contributed by atoms with van der Waals surface area (Å²) in [7, 11) is 0. The molecule has 0 spiro atoms. The Hall–Kier alpha value is -1.59. The fourth-order valence-electron chi connectivity index (χ4n) is 2.05. The van der Waals surface area contributed by atoms with Crippen LogP contribution in [0.4, 0.5) is 5.69 Å². The smallest absolute Gasteiger partial charge is 0.238 e.